The Labute approximate surface area is 103 Å². The molecule has 0 unspecified atom stereocenters. The number of halogens is 1. The zero-order chi connectivity index (χ0) is 11.5. The first-order valence-corrected chi connectivity index (χ1v) is 5.85. The summed E-state index contributed by atoms with van der Waals surface area (Å²) in [6, 6.07) is 11.4. The Morgan fingerprint density at radius 3 is 2.75 bits per heavy atom. The first-order chi connectivity index (χ1) is 7.66. The van der Waals surface area contributed by atoms with E-state index in [-0.39, 0.29) is 5.78 Å². The molecule has 0 N–H and O–H groups in total. The number of ketones is 1. The summed E-state index contributed by atoms with van der Waals surface area (Å²) in [5.74, 6) is 0.142. The van der Waals surface area contributed by atoms with Crippen molar-refractivity contribution in [3.8, 4) is 0 Å². The number of hydrogen-bond donors (Lipinski definition) is 0. The number of carbonyl (C=O) groups excluding carboxylic acids is 1. The van der Waals surface area contributed by atoms with Crippen LogP contribution in [0.4, 0.5) is 0 Å². The molecule has 0 amide bonds. The highest BCUT2D eigenvalue weighted by atomic mass is 79.9. The van der Waals surface area contributed by atoms with Crippen molar-refractivity contribution in [2.45, 2.75) is 6.42 Å². The van der Waals surface area contributed by atoms with E-state index < -0.39 is 0 Å². The Kier molecular flexibility index (Phi) is 3.25. The maximum absolute atomic E-state index is 12.0. The SMILES string of the molecule is Cn1cccc1CC(=O)c1cccc(Br)c1. The van der Waals surface area contributed by atoms with Crippen molar-refractivity contribution in [3.05, 3.63) is 58.3 Å². The molecule has 82 valence electrons. The molecule has 0 aliphatic heterocycles. The van der Waals surface area contributed by atoms with Gasteiger partial charge in [-0.3, -0.25) is 4.79 Å². The lowest BCUT2D eigenvalue weighted by atomic mass is 10.1. The molecule has 0 aliphatic carbocycles. The number of hydrogen-bond acceptors (Lipinski definition) is 1. The average molecular weight is 278 g/mol. The van der Waals surface area contributed by atoms with Gasteiger partial charge in [0, 0.05) is 29.0 Å². The van der Waals surface area contributed by atoms with Crippen molar-refractivity contribution in [2.24, 2.45) is 7.05 Å². The lowest BCUT2D eigenvalue weighted by Gasteiger charge is -2.03. The molecule has 3 heteroatoms. The zero-order valence-electron chi connectivity index (χ0n) is 8.98. The zero-order valence-corrected chi connectivity index (χ0v) is 10.6. The molecule has 0 saturated carbocycles. The van der Waals surface area contributed by atoms with Gasteiger partial charge in [-0.25, -0.2) is 0 Å². The summed E-state index contributed by atoms with van der Waals surface area (Å²) in [4.78, 5) is 12.0. The molecule has 0 aliphatic rings. The Balaban J connectivity index is 2.18. The van der Waals surface area contributed by atoms with Gasteiger partial charge in [0.1, 0.15) is 0 Å². The summed E-state index contributed by atoms with van der Waals surface area (Å²) >= 11 is 3.37. The van der Waals surface area contributed by atoms with Crippen molar-refractivity contribution in [2.75, 3.05) is 0 Å². The molecule has 0 saturated heterocycles. The quantitative estimate of drug-likeness (QED) is 0.790. The summed E-state index contributed by atoms with van der Waals surface area (Å²) in [5, 5.41) is 0. The van der Waals surface area contributed by atoms with E-state index in [4.69, 9.17) is 0 Å². The lowest BCUT2D eigenvalue weighted by molar-refractivity contribution is 0.0991. The molecule has 1 aromatic heterocycles. The first kappa shape index (κ1) is 11.1. The van der Waals surface area contributed by atoms with Crippen LogP contribution >= 0.6 is 15.9 Å². The second kappa shape index (κ2) is 4.66. The van der Waals surface area contributed by atoms with Gasteiger partial charge in [0.15, 0.2) is 5.78 Å². The minimum atomic E-state index is 0.142. The summed E-state index contributed by atoms with van der Waals surface area (Å²) in [5.41, 5.74) is 1.78. The van der Waals surface area contributed by atoms with Gasteiger partial charge in [-0.05, 0) is 24.3 Å². The van der Waals surface area contributed by atoms with Gasteiger partial charge >= 0.3 is 0 Å². The highest BCUT2D eigenvalue weighted by Crippen LogP contribution is 2.14. The third-order valence-corrected chi connectivity index (χ3v) is 3.03. The predicted molar refractivity (Wildman–Crippen MR) is 67.6 cm³/mol. The van der Waals surface area contributed by atoms with E-state index in [1.165, 1.54) is 0 Å². The molecule has 0 atom stereocenters. The second-order valence-electron chi connectivity index (χ2n) is 3.72. The Morgan fingerprint density at radius 1 is 1.31 bits per heavy atom. The predicted octanol–water partition coefficient (Wildman–Crippen LogP) is 3.21. The number of aromatic nitrogens is 1. The number of benzene rings is 1. The fourth-order valence-corrected chi connectivity index (χ4v) is 2.01. The maximum Gasteiger partial charge on any atom is 0.168 e. The second-order valence-corrected chi connectivity index (χ2v) is 4.64. The van der Waals surface area contributed by atoms with Gasteiger partial charge in [0.05, 0.1) is 6.42 Å². The number of carbonyl (C=O) groups is 1. The van der Waals surface area contributed by atoms with E-state index in [9.17, 15) is 4.79 Å². The standard InChI is InChI=1S/C13H12BrNO/c1-15-7-3-6-12(15)9-13(16)10-4-2-5-11(14)8-10/h2-8H,9H2,1H3. The van der Waals surface area contributed by atoms with Crippen LogP contribution in [0.5, 0.6) is 0 Å². The van der Waals surface area contributed by atoms with Crippen LogP contribution in [0.3, 0.4) is 0 Å². The van der Waals surface area contributed by atoms with Crippen LogP contribution in [-0.4, -0.2) is 10.4 Å². The molecule has 0 spiro atoms. The Bertz CT molecular complexity index is 516. The molecule has 0 radical (unpaired) electrons. The maximum atomic E-state index is 12.0. The summed E-state index contributed by atoms with van der Waals surface area (Å²) < 4.78 is 2.90. The van der Waals surface area contributed by atoms with E-state index >= 15 is 0 Å². The van der Waals surface area contributed by atoms with Gasteiger partial charge in [0.25, 0.3) is 0 Å². The molecule has 1 heterocycles. The third-order valence-electron chi connectivity index (χ3n) is 2.54. The van der Waals surface area contributed by atoms with Crippen molar-refractivity contribution in [3.63, 3.8) is 0 Å². The minimum absolute atomic E-state index is 0.142. The van der Waals surface area contributed by atoms with Gasteiger partial charge in [-0.1, -0.05) is 28.1 Å². The van der Waals surface area contributed by atoms with Crippen LogP contribution in [0.2, 0.25) is 0 Å². The van der Waals surface area contributed by atoms with Gasteiger partial charge < -0.3 is 4.57 Å². The monoisotopic (exact) mass is 277 g/mol. The Morgan fingerprint density at radius 2 is 2.12 bits per heavy atom. The van der Waals surface area contributed by atoms with Crippen LogP contribution in [-0.2, 0) is 13.5 Å². The minimum Gasteiger partial charge on any atom is -0.354 e. The van der Waals surface area contributed by atoms with Crippen molar-refractivity contribution in [1.82, 2.24) is 4.57 Å². The smallest absolute Gasteiger partial charge is 0.168 e. The van der Waals surface area contributed by atoms with Crippen LogP contribution in [0.25, 0.3) is 0 Å². The van der Waals surface area contributed by atoms with Gasteiger partial charge in [-0.15, -0.1) is 0 Å². The molecule has 16 heavy (non-hydrogen) atoms. The van der Waals surface area contributed by atoms with E-state index in [1.807, 2.05) is 54.2 Å². The topological polar surface area (TPSA) is 22.0 Å². The molecule has 0 bridgehead atoms. The number of aryl methyl sites for hydroxylation is 1. The van der Waals surface area contributed by atoms with E-state index in [2.05, 4.69) is 15.9 Å². The summed E-state index contributed by atoms with van der Waals surface area (Å²) in [7, 11) is 1.95. The number of rotatable bonds is 3. The molecular weight excluding hydrogens is 266 g/mol. The van der Waals surface area contributed by atoms with Crippen LogP contribution in [0.15, 0.2) is 47.1 Å². The number of Topliss-reactive ketones (excluding diaryl/α,β-unsaturated/α-hetero) is 1. The Hall–Kier alpha value is -1.35. The fraction of sp³-hybridized carbons (Fsp3) is 0.154. The van der Waals surface area contributed by atoms with Crippen molar-refractivity contribution >= 4 is 21.7 Å². The van der Waals surface area contributed by atoms with Crippen LogP contribution < -0.4 is 0 Å². The van der Waals surface area contributed by atoms with Crippen molar-refractivity contribution < 1.29 is 4.79 Å². The van der Waals surface area contributed by atoms with Crippen LogP contribution in [0.1, 0.15) is 16.1 Å². The lowest BCUT2D eigenvalue weighted by Crippen LogP contribution is -2.06. The average Bonchev–Trinajstić information content (AvgIpc) is 2.64. The molecule has 1 aromatic carbocycles. The third kappa shape index (κ3) is 2.42. The highest BCUT2D eigenvalue weighted by molar-refractivity contribution is 9.10. The number of nitrogens with zero attached hydrogens (tertiary/aromatic N) is 1. The molecular formula is C13H12BrNO. The first-order valence-electron chi connectivity index (χ1n) is 5.06. The van der Waals surface area contributed by atoms with E-state index in [0.717, 1.165) is 15.7 Å². The molecule has 2 rings (SSSR count). The summed E-state index contributed by atoms with van der Waals surface area (Å²) in [6.45, 7) is 0. The fourth-order valence-electron chi connectivity index (χ4n) is 1.61. The largest absolute Gasteiger partial charge is 0.354 e. The normalized spacial score (nSPS) is 10.4. The van der Waals surface area contributed by atoms with E-state index in [1.54, 1.807) is 0 Å². The highest BCUT2D eigenvalue weighted by Gasteiger charge is 2.08. The molecule has 2 aromatic rings. The summed E-state index contributed by atoms with van der Waals surface area (Å²) in [6.07, 6.45) is 2.39. The van der Waals surface area contributed by atoms with Gasteiger partial charge in [-0.2, -0.15) is 0 Å². The van der Waals surface area contributed by atoms with Crippen LogP contribution in [0, 0.1) is 0 Å². The van der Waals surface area contributed by atoms with E-state index in [0.29, 0.717) is 6.42 Å². The van der Waals surface area contributed by atoms with Gasteiger partial charge in [0.2, 0.25) is 0 Å². The molecule has 2 nitrogen and oxygen atoms in total. The van der Waals surface area contributed by atoms with Crippen molar-refractivity contribution in [1.29, 1.82) is 0 Å². The molecule has 0 fully saturated rings.